The molecule has 1 fully saturated rings. The first kappa shape index (κ1) is 30.6. The summed E-state index contributed by atoms with van der Waals surface area (Å²) in [5, 5.41) is 3.03. The Morgan fingerprint density at radius 2 is 0.525 bits per heavy atom. The van der Waals surface area contributed by atoms with Gasteiger partial charge in [0, 0.05) is 0 Å². The van der Waals surface area contributed by atoms with E-state index in [1.165, 1.54) is 74.6 Å². The molecule has 0 amide bonds. The van der Waals surface area contributed by atoms with Crippen LogP contribution >= 0.6 is 0 Å². The fourth-order valence-electron chi connectivity index (χ4n) is 5.63. The van der Waals surface area contributed by atoms with Crippen LogP contribution in [0.1, 0.15) is 64.2 Å². The molecule has 4 aromatic carbocycles. The predicted octanol–water partition coefficient (Wildman–Crippen LogP) is 6.74. The average molecular weight is 776 g/mol. The van der Waals surface area contributed by atoms with Gasteiger partial charge in [0.25, 0.3) is 0 Å². The summed E-state index contributed by atoms with van der Waals surface area (Å²) in [6, 6.07) is 48.2. The molecule has 0 N–H and O–H groups in total. The summed E-state index contributed by atoms with van der Waals surface area (Å²) in [6.07, 6.45) is 14.5. The Bertz CT molecular complexity index is 1120. The van der Waals surface area contributed by atoms with E-state index in [4.69, 9.17) is 0 Å². The molecule has 1 heterocycles. The fourth-order valence-corrected chi connectivity index (χ4v) is 167. The van der Waals surface area contributed by atoms with Crippen LogP contribution in [0.3, 0.4) is 0 Å². The van der Waals surface area contributed by atoms with Gasteiger partial charge in [0.1, 0.15) is 0 Å². The van der Waals surface area contributed by atoms with E-state index in [0.29, 0.717) is 0 Å². The molecule has 5 rings (SSSR count). The summed E-state index contributed by atoms with van der Waals surface area (Å²) in [7, 11) is -2.69. The van der Waals surface area contributed by atoms with Crippen molar-refractivity contribution in [3.05, 3.63) is 121 Å². The molecule has 4 heteroatoms. The zero-order valence-electron chi connectivity index (χ0n) is 23.8. The second-order valence-corrected chi connectivity index (χ2v) is 66.1. The van der Waals surface area contributed by atoms with Gasteiger partial charge in [-0.2, -0.15) is 0 Å². The van der Waals surface area contributed by atoms with Crippen molar-refractivity contribution in [2.45, 2.75) is 74.6 Å². The summed E-state index contributed by atoms with van der Waals surface area (Å²) < 4.78 is 7.16. The van der Waals surface area contributed by atoms with Gasteiger partial charge < -0.3 is 0 Å². The molecule has 1 aliphatic rings. The van der Waals surface area contributed by atoms with Gasteiger partial charge in [0.2, 0.25) is 0 Å². The Hall–Kier alpha value is -0.886. The van der Waals surface area contributed by atoms with Crippen LogP contribution in [-0.2, 0) is 0 Å². The summed E-state index contributed by atoms with van der Waals surface area (Å²) in [5.74, 6) is 0. The normalized spacial score (nSPS) is 23.8. The van der Waals surface area contributed by atoms with Crippen LogP contribution in [0, 0.1) is 0 Å². The predicted molar refractivity (Wildman–Crippen MR) is 183 cm³/mol. The molecule has 208 valence electrons. The SMILES string of the molecule is c1ccc([As]2CCCCCCCCCCCC[As](c3ccccc3)[As](c3ccccc3)[As]2c2ccccc2)cc1. The van der Waals surface area contributed by atoms with Gasteiger partial charge in [0.05, 0.1) is 0 Å². The van der Waals surface area contributed by atoms with Gasteiger partial charge in [-0.05, 0) is 0 Å². The van der Waals surface area contributed by atoms with Crippen molar-refractivity contribution >= 4 is 63.6 Å². The van der Waals surface area contributed by atoms with Gasteiger partial charge in [0.15, 0.2) is 0 Å². The molecular weight excluding hydrogens is 732 g/mol. The Morgan fingerprint density at radius 1 is 0.275 bits per heavy atom. The van der Waals surface area contributed by atoms with E-state index in [1.54, 1.807) is 17.4 Å². The van der Waals surface area contributed by atoms with E-state index in [2.05, 4.69) is 121 Å². The number of benzene rings is 4. The third-order valence-electron chi connectivity index (χ3n) is 7.71. The van der Waals surface area contributed by atoms with Crippen LogP contribution in [0.25, 0.3) is 0 Å². The summed E-state index contributed by atoms with van der Waals surface area (Å²) >= 11 is -2.54. The van der Waals surface area contributed by atoms with Gasteiger partial charge in [-0.1, -0.05) is 0 Å². The van der Waals surface area contributed by atoms with E-state index >= 15 is 0 Å². The quantitative estimate of drug-likeness (QED) is 0.202. The van der Waals surface area contributed by atoms with Gasteiger partial charge in [-0.25, -0.2) is 0 Å². The Labute approximate surface area is 257 Å². The summed E-state index contributed by atoms with van der Waals surface area (Å²) in [5.41, 5.74) is 0. The number of hydrogen-bond acceptors (Lipinski definition) is 0. The first-order valence-corrected chi connectivity index (χ1v) is 37.3. The first-order valence-electron chi connectivity index (χ1n) is 15.3. The van der Waals surface area contributed by atoms with E-state index < -0.39 is 46.2 Å². The maximum atomic E-state index is 2.57. The second-order valence-electron chi connectivity index (χ2n) is 10.7. The van der Waals surface area contributed by atoms with Crippen molar-refractivity contribution in [2.75, 3.05) is 0 Å². The van der Waals surface area contributed by atoms with Crippen molar-refractivity contribution in [3.63, 3.8) is 0 Å². The standard InChI is InChI=1S/C36H44As4/c1-2-4-6-8-22-32-38(34-25-15-10-16-26-34)40(36-29-19-12-20-30-36)39(35-27-17-11-18-28-35)37(31-21-7-5-3-1)33-23-13-9-14-24-33/h9-20,23-30H,1-8,21-22,31-32H2. The summed E-state index contributed by atoms with van der Waals surface area (Å²) in [4.78, 5) is 0. The Balaban J connectivity index is 1.66. The molecule has 0 saturated carbocycles. The fraction of sp³-hybridized carbons (Fsp3) is 0.333. The first-order chi connectivity index (χ1) is 19.9. The Morgan fingerprint density at radius 3 is 0.825 bits per heavy atom. The summed E-state index contributed by atoms with van der Waals surface area (Å²) in [6.45, 7) is 0. The average Bonchev–Trinajstić information content (AvgIpc) is 3.02. The molecule has 1 aliphatic heterocycles. The van der Waals surface area contributed by atoms with Crippen molar-refractivity contribution < 1.29 is 0 Å². The molecular formula is C36H44As4. The third kappa shape index (κ3) is 8.81. The molecule has 40 heavy (non-hydrogen) atoms. The zero-order valence-corrected chi connectivity index (χ0v) is 31.3. The van der Waals surface area contributed by atoms with E-state index in [-0.39, 0.29) is 0 Å². The molecule has 0 spiro atoms. The van der Waals surface area contributed by atoms with Gasteiger partial charge >= 0.3 is 260 Å². The number of hydrogen-bond donors (Lipinski definition) is 0. The molecule has 4 atom stereocenters. The minimum atomic E-state index is -1.34. The van der Waals surface area contributed by atoms with Crippen LogP contribution in [0.15, 0.2) is 121 Å². The Kier molecular flexibility index (Phi) is 13.2. The van der Waals surface area contributed by atoms with Crippen molar-refractivity contribution in [1.29, 1.82) is 0 Å². The zero-order chi connectivity index (χ0) is 27.2. The van der Waals surface area contributed by atoms with Crippen molar-refractivity contribution in [1.82, 2.24) is 0 Å². The molecule has 0 aromatic heterocycles. The molecule has 4 aromatic rings. The van der Waals surface area contributed by atoms with Crippen LogP contribution in [0.4, 0.5) is 0 Å². The van der Waals surface area contributed by atoms with E-state index in [9.17, 15) is 0 Å². The van der Waals surface area contributed by atoms with Gasteiger partial charge in [-0.15, -0.1) is 0 Å². The maximum absolute atomic E-state index is 2.57. The van der Waals surface area contributed by atoms with Crippen molar-refractivity contribution in [2.24, 2.45) is 0 Å². The monoisotopic (exact) mass is 776 g/mol. The molecule has 0 radical (unpaired) electrons. The van der Waals surface area contributed by atoms with Crippen LogP contribution in [0.5, 0.6) is 0 Å². The van der Waals surface area contributed by atoms with Crippen LogP contribution in [-0.4, -0.2) is 46.2 Å². The van der Waals surface area contributed by atoms with Crippen LogP contribution in [0.2, 0.25) is 10.4 Å². The molecule has 0 bridgehead atoms. The molecule has 1 saturated heterocycles. The minimum absolute atomic E-state index is 1.27. The molecule has 4 unspecified atom stereocenters. The number of rotatable bonds is 4. The van der Waals surface area contributed by atoms with Gasteiger partial charge in [-0.3, -0.25) is 0 Å². The van der Waals surface area contributed by atoms with E-state index in [0.717, 1.165) is 0 Å². The second kappa shape index (κ2) is 17.3. The van der Waals surface area contributed by atoms with Crippen molar-refractivity contribution in [3.8, 4) is 0 Å². The molecule has 0 nitrogen and oxygen atoms in total. The van der Waals surface area contributed by atoms with E-state index in [1.807, 2.05) is 0 Å². The topological polar surface area (TPSA) is 0 Å². The third-order valence-corrected chi connectivity index (χ3v) is 116. The molecule has 0 aliphatic carbocycles. The van der Waals surface area contributed by atoms with Crippen LogP contribution < -0.4 is 17.4 Å².